The summed E-state index contributed by atoms with van der Waals surface area (Å²) in [4.78, 5) is 0. The van der Waals surface area contributed by atoms with Gasteiger partial charge in [-0.05, 0) is 73.1 Å². The number of hydrogen-bond acceptors (Lipinski definition) is 3. The molecule has 0 aromatic rings. The first-order valence-corrected chi connectivity index (χ1v) is 8.66. The summed E-state index contributed by atoms with van der Waals surface area (Å²) in [5, 5.41) is 9.82. The summed E-state index contributed by atoms with van der Waals surface area (Å²) < 4.78 is 12.3. The molecule has 0 aliphatic rings. The van der Waals surface area contributed by atoms with E-state index in [1.54, 1.807) is 0 Å². The molecule has 0 saturated heterocycles. The van der Waals surface area contributed by atoms with E-state index in [9.17, 15) is 5.11 Å². The van der Waals surface area contributed by atoms with Gasteiger partial charge in [-0.15, -0.1) is 0 Å². The molecule has 0 heterocycles. The van der Waals surface area contributed by atoms with E-state index in [-0.39, 0.29) is 22.7 Å². The predicted octanol–water partition coefficient (Wildman–Crippen LogP) is 4.95. The number of aliphatic hydroxyl groups is 1. The third-order valence-corrected chi connectivity index (χ3v) is 4.98. The Morgan fingerprint density at radius 1 is 0.955 bits per heavy atom. The Morgan fingerprint density at radius 3 is 1.86 bits per heavy atom. The molecule has 0 spiro atoms. The molecule has 3 heteroatoms. The summed E-state index contributed by atoms with van der Waals surface area (Å²) in [6, 6.07) is 0. The molecule has 0 amide bonds. The average molecular weight is 317 g/mol. The van der Waals surface area contributed by atoms with Gasteiger partial charge in [-0.25, -0.2) is 0 Å². The molecule has 134 valence electrons. The maximum absolute atomic E-state index is 9.82. The molecule has 0 fully saturated rings. The molecule has 1 unspecified atom stereocenters. The van der Waals surface area contributed by atoms with Gasteiger partial charge in [-0.1, -0.05) is 20.8 Å². The quantitative estimate of drug-likeness (QED) is 0.619. The van der Waals surface area contributed by atoms with Crippen LogP contribution in [0.5, 0.6) is 0 Å². The SMILES string of the molecule is CCC(C)(C)OC(C)CC(C)(C)C(C)(C)OCCC(C)(C)O. The first-order chi connectivity index (χ1) is 9.62. The first-order valence-electron chi connectivity index (χ1n) is 8.66. The summed E-state index contributed by atoms with van der Waals surface area (Å²) in [6.07, 6.45) is 2.76. The zero-order valence-electron chi connectivity index (χ0n) is 16.7. The van der Waals surface area contributed by atoms with E-state index in [0.29, 0.717) is 13.0 Å². The first kappa shape index (κ1) is 21.9. The second-order valence-corrected chi connectivity index (χ2v) is 9.05. The molecule has 1 atom stereocenters. The lowest BCUT2D eigenvalue weighted by atomic mass is 9.73. The van der Waals surface area contributed by atoms with Crippen molar-refractivity contribution in [2.24, 2.45) is 5.41 Å². The van der Waals surface area contributed by atoms with E-state index in [2.05, 4.69) is 55.4 Å². The third kappa shape index (κ3) is 7.94. The van der Waals surface area contributed by atoms with Crippen molar-refractivity contribution in [3.05, 3.63) is 0 Å². The van der Waals surface area contributed by atoms with Crippen molar-refractivity contribution in [2.45, 2.75) is 111 Å². The normalized spacial score (nSPS) is 16.0. The van der Waals surface area contributed by atoms with Gasteiger partial charge in [0.25, 0.3) is 0 Å². The highest BCUT2D eigenvalue weighted by atomic mass is 16.5. The third-order valence-electron chi connectivity index (χ3n) is 4.98. The summed E-state index contributed by atoms with van der Waals surface area (Å²) in [7, 11) is 0. The maximum atomic E-state index is 9.82. The van der Waals surface area contributed by atoms with Crippen molar-refractivity contribution in [3.63, 3.8) is 0 Å². The van der Waals surface area contributed by atoms with Gasteiger partial charge in [0.1, 0.15) is 0 Å². The van der Waals surface area contributed by atoms with E-state index in [4.69, 9.17) is 9.47 Å². The minimum Gasteiger partial charge on any atom is -0.390 e. The van der Waals surface area contributed by atoms with Gasteiger partial charge in [0, 0.05) is 0 Å². The van der Waals surface area contributed by atoms with E-state index in [0.717, 1.165) is 12.8 Å². The minimum absolute atomic E-state index is 0.0180. The van der Waals surface area contributed by atoms with Crippen LogP contribution in [0.25, 0.3) is 0 Å². The molecule has 1 N–H and O–H groups in total. The van der Waals surface area contributed by atoms with Gasteiger partial charge in [0.05, 0.1) is 29.5 Å². The Kier molecular flexibility index (Phi) is 7.59. The van der Waals surface area contributed by atoms with Gasteiger partial charge < -0.3 is 14.6 Å². The van der Waals surface area contributed by atoms with E-state index < -0.39 is 5.60 Å². The molecule has 22 heavy (non-hydrogen) atoms. The van der Waals surface area contributed by atoms with Gasteiger partial charge >= 0.3 is 0 Å². The van der Waals surface area contributed by atoms with E-state index in [1.165, 1.54) is 0 Å². The fourth-order valence-corrected chi connectivity index (χ4v) is 2.39. The van der Waals surface area contributed by atoms with Crippen molar-refractivity contribution in [1.82, 2.24) is 0 Å². The molecule has 0 bridgehead atoms. The second-order valence-electron chi connectivity index (χ2n) is 9.05. The topological polar surface area (TPSA) is 38.7 Å². The lowest BCUT2D eigenvalue weighted by molar-refractivity contribution is -0.140. The van der Waals surface area contributed by atoms with Crippen LogP contribution in [0.15, 0.2) is 0 Å². The van der Waals surface area contributed by atoms with Crippen LogP contribution in [0.3, 0.4) is 0 Å². The van der Waals surface area contributed by atoms with Crippen LogP contribution < -0.4 is 0 Å². The average Bonchev–Trinajstić information content (AvgIpc) is 2.24. The molecule has 0 saturated carbocycles. The van der Waals surface area contributed by atoms with Crippen LogP contribution in [-0.4, -0.2) is 34.6 Å². The van der Waals surface area contributed by atoms with E-state index in [1.807, 2.05) is 13.8 Å². The zero-order chi connectivity index (χ0) is 17.8. The van der Waals surface area contributed by atoms with Crippen molar-refractivity contribution in [2.75, 3.05) is 6.61 Å². The van der Waals surface area contributed by atoms with Gasteiger partial charge in [-0.3, -0.25) is 0 Å². The van der Waals surface area contributed by atoms with Crippen LogP contribution in [-0.2, 0) is 9.47 Å². The lowest BCUT2D eigenvalue weighted by Gasteiger charge is -2.44. The van der Waals surface area contributed by atoms with Crippen LogP contribution in [0.1, 0.15) is 88.5 Å². The Morgan fingerprint density at radius 2 is 1.45 bits per heavy atom. The second kappa shape index (κ2) is 7.63. The van der Waals surface area contributed by atoms with Crippen LogP contribution in [0, 0.1) is 5.41 Å². The Bertz CT molecular complexity index is 324. The highest BCUT2D eigenvalue weighted by Gasteiger charge is 2.40. The molecule has 0 radical (unpaired) electrons. The van der Waals surface area contributed by atoms with Crippen molar-refractivity contribution >= 4 is 0 Å². The fourth-order valence-electron chi connectivity index (χ4n) is 2.39. The number of rotatable bonds is 10. The maximum Gasteiger partial charge on any atom is 0.0678 e. The van der Waals surface area contributed by atoms with Crippen LogP contribution in [0.4, 0.5) is 0 Å². The number of hydrogen-bond donors (Lipinski definition) is 1. The summed E-state index contributed by atoms with van der Waals surface area (Å²) >= 11 is 0. The van der Waals surface area contributed by atoms with Crippen LogP contribution in [0.2, 0.25) is 0 Å². The van der Waals surface area contributed by atoms with Crippen molar-refractivity contribution in [1.29, 1.82) is 0 Å². The van der Waals surface area contributed by atoms with Crippen molar-refractivity contribution < 1.29 is 14.6 Å². The Hall–Kier alpha value is -0.120. The minimum atomic E-state index is -0.679. The standard InChI is InChI=1S/C19H40O3/c1-11-18(7,8)22-15(2)14-16(3,4)19(9,10)21-13-12-17(5,6)20/h15,20H,11-14H2,1-10H3. The highest BCUT2D eigenvalue weighted by Crippen LogP contribution is 2.39. The molecule has 3 nitrogen and oxygen atoms in total. The molecule has 0 rings (SSSR count). The molecule has 0 aliphatic carbocycles. The van der Waals surface area contributed by atoms with Crippen molar-refractivity contribution in [3.8, 4) is 0 Å². The van der Waals surface area contributed by atoms with Crippen LogP contribution >= 0.6 is 0 Å². The zero-order valence-corrected chi connectivity index (χ0v) is 16.7. The smallest absolute Gasteiger partial charge is 0.0678 e. The highest BCUT2D eigenvalue weighted by molar-refractivity contribution is 4.90. The van der Waals surface area contributed by atoms with Gasteiger partial charge in [0.15, 0.2) is 0 Å². The molecule has 0 aromatic carbocycles. The van der Waals surface area contributed by atoms with E-state index >= 15 is 0 Å². The molecule has 0 aromatic heterocycles. The Balaban J connectivity index is 4.62. The summed E-state index contributed by atoms with van der Waals surface area (Å²) in [5.41, 5.74) is -1.05. The monoisotopic (exact) mass is 316 g/mol. The lowest BCUT2D eigenvalue weighted by Crippen LogP contribution is -2.45. The largest absolute Gasteiger partial charge is 0.390 e. The summed E-state index contributed by atoms with van der Waals surface area (Å²) in [5.74, 6) is 0. The predicted molar refractivity (Wildman–Crippen MR) is 94.3 cm³/mol. The van der Waals surface area contributed by atoms with Gasteiger partial charge in [0.2, 0.25) is 0 Å². The Labute approximate surface area is 138 Å². The fraction of sp³-hybridized carbons (Fsp3) is 1.00. The number of ether oxygens (including phenoxy) is 2. The molecule has 0 aliphatic heterocycles. The summed E-state index contributed by atoms with van der Waals surface area (Å²) in [6.45, 7) is 21.5. The molecular formula is C19H40O3. The van der Waals surface area contributed by atoms with Gasteiger partial charge in [-0.2, -0.15) is 0 Å². The molecular weight excluding hydrogens is 276 g/mol.